The van der Waals surface area contributed by atoms with Crippen molar-refractivity contribution in [1.82, 2.24) is 5.43 Å². The molecular formula is C4H9N3. The molecule has 3 nitrogen and oxygen atoms in total. The van der Waals surface area contributed by atoms with E-state index in [0.717, 1.165) is 0 Å². The van der Waals surface area contributed by atoms with Gasteiger partial charge in [0.25, 0.3) is 0 Å². The molecule has 0 aromatic heterocycles. The fourth-order valence-corrected chi connectivity index (χ4v) is 0.209. The van der Waals surface area contributed by atoms with Gasteiger partial charge in [-0.1, -0.05) is 0 Å². The van der Waals surface area contributed by atoms with E-state index < -0.39 is 0 Å². The Hall–Kier alpha value is -0.860. The Morgan fingerprint density at radius 2 is 2.43 bits per heavy atom. The number of hydrogen-bond donors (Lipinski definition) is 2. The van der Waals surface area contributed by atoms with E-state index in [9.17, 15) is 0 Å². The van der Waals surface area contributed by atoms with E-state index in [0.29, 0.717) is 5.71 Å². The highest BCUT2D eigenvalue weighted by Gasteiger charge is 1.74. The van der Waals surface area contributed by atoms with E-state index in [4.69, 9.17) is 5.41 Å². The molecule has 0 aliphatic rings. The standard InChI is InChI=1S/C4H9N3/c1-4(3-5)7-6-2/h3,5-6H,1-2H3/b5-3?,7-4+. The second-order valence-electron chi connectivity index (χ2n) is 1.12. The van der Waals surface area contributed by atoms with Crippen LogP contribution in [0.2, 0.25) is 0 Å². The highest BCUT2D eigenvalue weighted by atomic mass is 15.3. The Labute approximate surface area is 42.9 Å². The largest absolute Gasteiger partial charge is 0.313 e. The van der Waals surface area contributed by atoms with Crippen LogP contribution in [0.5, 0.6) is 0 Å². The third-order valence-corrected chi connectivity index (χ3v) is 0.497. The monoisotopic (exact) mass is 99.1 g/mol. The Morgan fingerprint density at radius 1 is 1.86 bits per heavy atom. The maximum absolute atomic E-state index is 6.62. The quantitative estimate of drug-likeness (QED) is 0.378. The molecule has 0 aromatic rings. The van der Waals surface area contributed by atoms with Gasteiger partial charge >= 0.3 is 0 Å². The van der Waals surface area contributed by atoms with Crippen molar-refractivity contribution in [3.63, 3.8) is 0 Å². The Bertz CT molecular complexity index is 84.9. The zero-order chi connectivity index (χ0) is 5.70. The first kappa shape index (κ1) is 6.14. The Morgan fingerprint density at radius 3 is 2.57 bits per heavy atom. The summed E-state index contributed by atoms with van der Waals surface area (Å²) in [5.74, 6) is 0. The lowest BCUT2D eigenvalue weighted by Crippen LogP contribution is -2.01. The molecule has 0 aromatic carbocycles. The van der Waals surface area contributed by atoms with Crippen LogP contribution in [0.15, 0.2) is 5.10 Å². The summed E-state index contributed by atoms with van der Waals surface area (Å²) < 4.78 is 0. The number of rotatable bonds is 2. The summed E-state index contributed by atoms with van der Waals surface area (Å²) in [5.41, 5.74) is 3.24. The van der Waals surface area contributed by atoms with E-state index >= 15 is 0 Å². The summed E-state index contributed by atoms with van der Waals surface area (Å²) in [4.78, 5) is 0. The highest BCUT2D eigenvalue weighted by molar-refractivity contribution is 6.28. The molecule has 0 aliphatic carbocycles. The predicted molar refractivity (Wildman–Crippen MR) is 31.0 cm³/mol. The minimum atomic E-state index is 0.683. The fraction of sp³-hybridized carbons (Fsp3) is 0.500. The van der Waals surface area contributed by atoms with E-state index in [-0.39, 0.29) is 0 Å². The summed E-state index contributed by atoms with van der Waals surface area (Å²) >= 11 is 0. The predicted octanol–water partition coefficient (Wildman–Crippen LogP) is 0.231. The summed E-state index contributed by atoms with van der Waals surface area (Å²) in [6, 6.07) is 0. The summed E-state index contributed by atoms with van der Waals surface area (Å²) in [7, 11) is 1.70. The van der Waals surface area contributed by atoms with Gasteiger partial charge in [0, 0.05) is 13.3 Å². The molecule has 0 heterocycles. The lowest BCUT2D eigenvalue weighted by atomic mass is 10.5. The van der Waals surface area contributed by atoms with E-state index in [1.54, 1.807) is 14.0 Å². The van der Waals surface area contributed by atoms with Crippen molar-refractivity contribution >= 4 is 11.9 Å². The molecule has 40 valence electrons. The number of nitrogens with one attached hydrogen (secondary N) is 2. The highest BCUT2D eigenvalue weighted by Crippen LogP contribution is 1.62. The van der Waals surface area contributed by atoms with E-state index in [2.05, 4.69) is 10.5 Å². The minimum Gasteiger partial charge on any atom is -0.313 e. The van der Waals surface area contributed by atoms with Crippen LogP contribution in [0.25, 0.3) is 0 Å². The van der Waals surface area contributed by atoms with Crippen molar-refractivity contribution < 1.29 is 0 Å². The van der Waals surface area contributed by atoms with Gasteiger partial charge in [-0.3, -0.25) is 0 Å². The molecule has 7 heavy (non-hydrogen) atoms. The normalized spacial score (nSPS) is 10.9. The van der Waals surface area contributed by atoms with Crippen molar-refractivity contribution in [3.05, 3.63) is 0 Å². The molecule has 3 heteroatoms. The Balaban J connectivity index is 3.49. The zero-order valence-corrected chi connectivity index (χ0v) is 4.52. The third-order valence-electron chi connectivity index (χ3n) is 0.497. The topological polar surface area (TPSA) is 48.2 Å². The maximum Gasteiger partial charge on any atom is 0.0747 e. The zero-order valence-electron chi connectivity index (χ0n) is 4.52. The Kier molecular flexibility index (Phi) is 2.92. The number of hydrogen-bond acceptors (Lipinski definition) is 3. The SMILES string of the molecule is CN/N=C(\C)C=N. The maximum atomic E-state index is 6.62. The number of nitrogens with zero attached hydrogens (tertiary/aromatic N) is 1. The molecule has 0 bridgehead atoms. The summed E-state index contributed by atoms with van der Waals surface area (Å²) in [6.07, 6.45) is 1.19. The average molecular weight is 99.1 g/mol. The molecule has 0 fully saturated rings. The minimum absolute atomic E-state index is 0.683. The van der Waals surface area contributed by atoms with Gasteiger partial charge in [0.05, 0.1) is 5.71 Å². The molecule has 2 N–H and O–H groups in total. The van der Waals surface area contributed by atoms with Gasteiger partial charge in [0.2, 0.25) is 0 Å². The first-order chi connectivity index (χ1) is 3.31. The van der Waals surface area contributed by atoms with Crippen molar-refractivity contribution in [2.24, 2.45) is 5.10 Å². The van der Waals surface area contributed by atoms with Crippen LogP contribution in [-0.2, 0) is 0 Å². The molecule has 0 aliphatic heterocycles. The first-order valence-electron chi connectivity index (χ1n) is 2.02. The van der Waals surface area contributed by atoms with E-state index in [1.165, 1.54) is 6.21 Å². The van der Waals surface area contributed by atoms with Gasteiger partial charge < -0.3 is 10.8 Å². The molecule has 0 saturated heterocycles. The van der Waals surface area contributed by atoms with E-state index in [1.807, 2.05) is 0 Å². The van der Waals surface area contributed by atoms with Gasteiger partial charge in [-0.05, 0) is 6.92 Å². The summed E-state index contributed by atoms with van der Waals surface area (Å²) in [5, 5.41) is 10.3. The van der Waals surface area contributed by atoms with Crippen LogP contribution >= 0.6 is 0 Å². The third kappa shape index (κ3) is 2.96. The van der Waals surface area contributed by atoms with Crippen molar-refractivity contribution in [2.75, 3.05) is 7.05 Å². The first-order valence-corrected chi connectivity index (χ1v) is 2.02. The summed E-state index contributed by atoms with van der Waals surface area (Å²) in [6.45, 7) is 1.75. The molecule has 0 spiro atoms. The lowest BCUT2D eigenvalue weighted by Gasteiger charge is -1.85. The van der Waals surface area contributed by atoms with Gasteiger partial charge in [-0.15, -0.1) is 0 Å². The molecular weight excluding hydrogens is 90.1 g/mol. The van der Waals surface area contributed by atoms with Crippen molar-refractivity contribution in [3.8, 4) is 0 Å². The molecule has 0 atom stereocenters. The second kappa shape index (κ2) is 3.33. The van der Waals surface area contributed by atoms with Crippen molar-refractivity contribution in [2.45, 2.75) is 6.92 Å². The van der Waals surface area contributed by atoms with Crippen LogP contribution in [-0.4, -0.2) is 19.0 Å². The van der Waals surface area contributed by atoms with Crippen LogP contribution in [0.1, 0.15) is 6.92 Å². The number of hydrazone groups is 1. The molecule has 0 unspecified atom stereocenters. The van der Waals surface area contributed by atoms with Gasteiger partial charge in [0.15, 0.2) is 0 Å². The van der Waals surface area contributed by atoms with Crippen molar-refractivity contribution in [1.29, 1.82) is 5.41 Å². The molecule has 0 saturated carbocycles. The fourth-order valence-electron chi connectivity index (χ4n) is 0.209. The van der Waals surface area contributed by atoms with Crippen LogP contribution in [0.3, 0.4) is 0 Å². The van der Waals surface area contributed by atoms with Crippen LogP contribution in [0, 0.1) is 5.41 Å². The molecule has 0 radical (unpaired) electrons. The molecule has 0 amide bonds. The van der Waals surface area contributed by atoms with Crippen LogP contribution < -0.4 is 5.43 Å². The average Bonchev–Trinajstić information content (AvgIpc) is 1.68. The lowest BCUT2D eigenvalue weighted by molar-refractivity contribution is 0.903. The smallest absolute Gasteiger partial charge is 0.0747 e. The van der Waals surface area contributed by atoms with Crippen LogP contribution in [0.4, 0.5) is 0 Å². The molecule has 0 rings (SSSR count). The second-order valence-corrected chi connectivity index (χ2v) is 1.12. The van der Waals surface area contributed by atoms with Gasteiger partial charge in [-0.2, -0.15) is 5.10 Å². The van der Waals surface area contributed by atoms with Gasteiger partial charge in [-0.25, -0.2) is 0 Å². The van der Waals surface area contributed by atoms with Gasteiger partial charge in [0.1, 0.15) is 0 Å².